The van der Waals surface area contributed by atoms with E-state index >= 15 is 0 Å². The highest BCUT2D eigenvalue weighted by Gasteiger charge is 2.51. The Bertz CT molecular complexity index is 884. The standard InChI is InChI=1S/C19H19N5O/c20-11-22-17(23-13-5-2-1-3-6-13)12-9-14-16(15(21)10-12)24-18(25)19(14)7-4-8-19/h1-3,5-6,9-11H,4,7-8,21H2,(H,24,25)(H2,20,22,23). The van der Waals surface area contributed by atoms with E-state index < -0.39 is 5.41 Å². The molecule has 0 atom stereocenters. The van der Waals surface area contributed by atoms with E-state index in [1.807, 2.05) is 36.4 Å². The zero-order valence-electron chi connectivity index (χ0n) is 13.7. The highest BCUT2D eigenvalue weighted by molar-refractivity contribution is 6.15. The fourth-order valence-electron chi connectivity index (χ4n) is 3.60. The van der Waals surface area contributed by atoms with Crippen LogP contribution in [-0.2, 0) is 10.2 Å². The number of carbonyl (C=O) groups is 1. The van der Waals surface area contributed by atoms with Gasteiger partial charge in [-0.3, -0.25) is 10.2 Å². The van der Waals surface area contributed by atoms with Gasteiger partial charge in [-0.25, -0.2) is 4.99 Å². The van der Waals surface area contributed by atoms with E-state index in [-0.39, 0.29) is 5.91 Å². The summed E-state index contributed by atoms with van der Waals surface area (Å²) in [6.07, 6.45) is 3.73. The highest BCUT2D eigenvalue weighted by atomic mass is 16.2. The van der Waals surface area contributed by atoms with E-state index in [0.29, 0.717) is 11.5 Å². The molecule has 1 spiro atoms. The number of nitrogens with one attached hydrogen (secondary N) is 3. The predicted molar refractivity (Wildman–Crippen MR) is 100 cm³/mol. The third-order valence-corrected chi connectivity index (χ3v) is 5.07. The second-order valence-electron chi connectivity index (χ2n) is 6.48. The van der Waals surface area contributed by atoms with Crippen LogP contribution in [0.4, 0.5) is 17.1 Å². The molecule has 6 heteroatoms. The summed E-state index contributed by atoms with van der Waals surface area (Å²) in [5.41, 5.74) is 9.60. The van der Waals surface area contributed by atoms with Gasteiger partial charge in [-0.2, -0.15) is 0 Å². The number of nitrogen functional groups attached to an aromatic ring is 1. The van der Waals surface area contributed by atoms with Gasteiger partial charge in [0.15, 0.2) is 0 Å². The number of amidine groups is 1. The Morgan fingerprint density at radius 3 is 2.68 bits per heavy atom. The highest BCUT2D eigenvalue weighted by Crippen LogP contribution is 2.52. The number of benzene rings is 2. The molecule has 0 unspecified atom stereocenters. The number of hydrogen-bond donors (Lipinski definition) is 4. The third-order valence-electron chi connectivity index (χ3n) is 5.07. The summed E-state index contributed by atoms with van der Waals surface area (Å²) in [4.78, 5) is 16.6. The van der Waals surface area contributed by atoms with Gasteiger partial charge in [0.2, 0.25) is 5.91 Å². The molecule has 1 aliphatic carbocycles. The minimum absolute atomic E-state index is 0.0409. The van der Waals surface area contributed by atoms with E-state index in [9.17, 15) is 4.79 Å². The zero-order valence-corrected chi connectivity index (χ0v) is 13.7. The Morgan fingerprint density at radius 2 is 2.04 bits per heavy atom. The van der Waals surface area contributed by atoms with Crippen LogP contribution in [0.3, 0.4) is 0 Å². The Balaban J connectivity index is 1.77. The average Bonchev–Trinajstić information content (AvgIpc) is 2.88. The van der Waals surface area contributed by atoms with Gasteiger partial charge in [-0.05, 0) is 42.7 Å². The monoisotopic (exact) mass is 333 g/mol. The minimum atomic E-state index is -0.442. The average molecular weight is 333 g/mol. The van der Waals surface area contributed by atoms with Gasteiger partial charge >= 0.3 is 0 Å². The molecule has 4 rings (SSSR count). The summed E-state index contributed by atoms with van der Waals surface area (Å²) in [7, 11) is 0. The van der Waals surface area contributed by atoms with Crippen LogP contribution in [0, 0.1) is 5.41 Å². The largest absolute Gasteiger partial charge is 0.397 e. The van der Waals surface area contributed by atoms with Gasteiger partial charge in [0.05, 0.1) is 16.8 Å². The number of hydrogen-bond acceptors (Lipinski definition) is 3. The molecule has 1 saturated carbocycles. The number of nitrogens with zero attached hydrogens (tertiary/aromatic N) is 1. The van der Waals surface area contributed by atoms with Gasteiger partial charge in [0.25, 0.3) is 0 Å². The van der Waals surface area contributed by atoms with Crippen molar-refractivity contribution in [3.8, 4) is 0 Å². The van der Waals surface area contributed by atoms with Crippen molar-refractivity contribution >= 4 is 35.1 Å². The molecule has 0 saturated heterocycles. The first-order chi connectivity index (χ1) is 12.1. The van der Waals surface area contributed by atoms with Gasteiger partial charge in [0.1, 0.15) is 12.2 Å². The molecule has 1 fully saturated rings. The topological polar surface area (TPSA) is 103 Å². The van der Waals surface area contributed by atoms with E-state index in [1.165, 1.54) is 0 Å². The molecule has 1 heterocycles. The smallest absolute Gasteiger partial charge is 0.235 e. The van der Waals surface area contributed by atoms with Gasteiger partial charge in [0, 0.05) is 11.3 Å². The molecular formula is C19H19N5O. The van der Waals surface area contributed by atoms with Crippen LogP contribution in [0.15, 0.2) is 47.5 Å². The summed E-state index contributed by atoms with van der Waals surface area (Å²) >= 11 is 0. The zero-order chi connectivity index (χ0) is 17.4. The molecule has 2 aromatic carbocycles. The van der Waals surface area contributed by atoms with Crippen LogP contribution < -0.4 is 16.4 Å². The van der Waals surface area contributed by atoms with Crippen LogP contribution in [0.1, 0.15) is 30.4 Å². The number of nitrogens with two attached hydrogens (primary N) is 1. The van der Waals surface area contributed by atoms with E-state index in [1.54, 1.807) is 6.07 Å². The van der Waals surface area contributed by atoms with Crippen molar-refractivity contribution in [2.24, 2.45) is 4.99 Å². The predicted octanol–water partition coefficient (Wildman–Crippen LogP) is 3.11. The van der Waals surface area contributed by atoms with Crippen molar-refractivity contribution in [1.82, 2.24) is 0 Å². The number of anilines is 3. The third kappa shape index (κ3) is 2.38. The Morgan fingerprint density at radius 1 is 1.28 bits per heavy atom. The number of amides is 1. The van der Waals surface area contributed by atoms with Crippen molar-refractivity contribution in [1.29, 1.82) is 5.41 Å². The first kappa shape index (κ1) is 15.4. The molecule has 1 aliphatic heterocycles. The molecule has 0 aromatic heterocycles. The van der Waals surface area contributed by atoms with E-state index in [0.717, 1.165) is 48.1 Å². The number of aliphatic imine (C=N–C) groups is 1. The number of carbonyl (C=O) groups excluding carboxylic acids is 1. The van der Waals surface area contributed by atoms with Crippen LogP contribution in [0.25, 0.3) is 0 Å². The van der Waals surface area contributed by atoms with Crippen molar-refractivity contribution in [2.75, 3.05) is 16.4 Å². The second kappa shape index (κ2) is 5.73. The van der Waals surface area contributed by atoms with Crippen molar-refractivity contribution in [2.45, 2.75) is 24.7 Å². The maximum absolute atomic E-state index is 12.4. The molecular weight excluding hydrogens is 314 g/mol. The first-order valence-corrected chi connectivity index (χ1v) is 8.29. The lowest BCUT2D eigenvalue weighted by atomic mass is 9.65. The first-order valence-electron chi connectivity index (χ1n) is 8.29. The lowest BCUT2D eigenvalue weighted by Gasteiger charge is -2.36. The van der Waals surface area contributed by atoms with Crippen LogP contribution in [0.2, 0.25) is 0 Å². The summed E-state index contributed by atoms with van der Waals surface area (Å²) in [5.74, 6) is 0.573. The van der Waals surface area contributed by atoms with E-state index in [4.69, 9.17) is 11.1 Å². The lowest BCUT2D eigenvalue weighted by Crippen LogP contribution is -2.40. The number of fused-ring (bicyclic) bond motifs is 2. The van der Waals surface area contributed by atoms with Crippen molar-refractivity contribution in [3.05, 3.63) is 53.6 Å². The Kier molecular flexibility index (Phi) is 3.53. The molecule has 5 N–H and O–H groups in total. The van der Waals surface area contributed by atoms with E-state index in [2.05, 4.69) is 15.6 Å². The van der Waals surface area contributed by atoms with Crippen molar-refractivity contribution in [3.63, 3.8) is 0 Å². The fourth-order valence-corrected chi connectivity index (χ4v) is 3.60. The summed E-state index contributed by atoms with van der Waals surface area (Å²) in [6.45, 7) is 0. The minimum Gasteiger partial charge on any atom is -0.397 e. The number of para-hydroxylation sites is 1. The molecule has 0 radical (unpaired) electrons. The van der Waals surface area contributed by atoms with Crippen LogP contribution in [-0.4, -0.2) is 18.1 Å². The number of rotatable bonds is 3. The fraction of sp³-hybridized carbons (Fsp3) is 0.211. The molecule has 2 aromatic rings. The molecule has 25 heavy (non-hydrogen) atoms. The molecule has 2 aliphatic rings. The van der Waals surface area contributed by atoms with Crippen molar-refractivity contribution < 1.29 is 4.79 Å². The van der Waals surface area contributed by atoms with Gasteiger partial charge in [-0.1, -0.05) is 24.6 Å². The van der Waals surface area contributed by atoms with Crippen LogP contribution >= 0.6 is 0 Å². The Hall–Kier alpha value is -3.15. The summed E-state index contributed by atoms with van der Waals surface area (Å²) in [5, 5.41) is 13.5. The maximum Gasteiger partial charge on any atom is 0.235 e. The maximum atomic E-state index is 12.4. The summed E-state index contributed by atoms with van der Waals surface area (Å²) < 4.78 is 0. The molecule has 0 bridgehead atoms. The normalized spacial score (nSPS) is 17.6. The van der Waals surface area contributed by atoms with Crippen LogP contribution in [0.5, 0.6) is 0 Å². The van der Waals surface area contributed by atoms with Gasteiger partial charge < -0.3 is 16.4 Å². The lowest BCUT2D eigenvalue weighted by molar-refractivity contribution is -0.123. The molecule has 1 amide bonds. The summed E-state index contributed by atoms with van der Waals surface area (Å²) in [6, 6.07) is 13.4. The molecule has 6 nitrogen and oxygen atoms in total. The Labute approximate surface area is 145 Å². The quantitative estimate of drug-likeness (QED) is 0.394. The SMILES string of the molecule is N=C/N=C(\Nc1ccccc1)c1cc(N)c2c(c1)C1(CCC1)C(=O)N2. The second-order valence-corrected chi connectivity index (χ2v) is 6.48. The van der Waals surface area contributed by atoms with Gasteiger partial charge in [-0.15, -0.1) is 0 Å². The molecule has 126 valence electrons.